The van der Waals surface area contributed by atoms with Gasteiger partial charge in [0.05, 0.1) is 17.3 Å². The first-order valence-corrected chi connectivity index (χ1v) is 5.29. The molecule has 4 nitrogen and oxygen atoms in total. The molecule has 0 aliphatic carbocycles. The fourth-order valence-corrected chi connectivity index (χ4v) is 1.95. The Hall–Kier alpha value is -0.680. The van der Waals surface area contributed by atoms with Crippen LogP contribution in [0.4, 0.5) is 0 Å². The number of ether oxygens (including phenoxy) is 2. The molecule has 1 aliphatic rings. The van der Waals surface area contributed by atoms with Crippen molar-refractivity contribution < 1.29 is 9.47 Å². The van der Waals surface area contributed by atoms with Gasteiger partial charge in [-0.15, -0.1) is 10.2 Å². The van der Waals surface area contributed by atoms with Gasteiger partial charge in [-0.2, -0.15) is 0 Å². The van der Waals surface area contributed by atoms with Crippen LogP contribution in [0.5, 0.6) is 5.88 Å². The summed E-state index contributed by atoms with van der Waals surface area (Å²) in [5.41, 5.74) is 0.871. The van der Waals surface area contributed by atoms with Crippen molar-refractivity contribution in [2.45, 2.75) is 18.9 Å². The first-order chi connectivity index (χ1) is 6.81. The summed E-state index contributed by atoms with van der Waals surface area (Å²) in [5, 5.41) is 8.00. The Bertz CT molecular complexity index is 327. The van der Waals surface area contributed by atoms with Gasteiger partial charge >= 0.3 is 0 Å². The quantitative estimate of drug-likeness (QED) is 0.815. The molecule has 0 bridgehead atoms. The third kappa shape index (κ3) is 1.88. The van der Waals surface area contributed by atoms with Crippen molar-refractivity contribution in [3.05, 3.63) is 16.2 Å². The zero-order chi connectivity index (χ0) is 9.97. The largest absolute Gasteiger partial charge is 0.479 e. The summed E-state index contributed by atoms with van der Waals surface area (Å²) in [5.74, 6) is 0.506. The zero-order valence-electron chi connectivity index (χ0n) is 7.86. The molecule has 0 radical (unpaired) electrons. The van der Waals surface area contributed by atoms with Crippen LogP contribution < -0.4 is 4.74 Å². The zero-order valence-corrected chi connectivity index (χ0v) is 9.45. The van der Waals surface area contributed by atoms with Crippen LogP contribution in [0.25, 0.3) is 0 Å². The number of rotatable bonds is 2. The maximum atomic E-state index is 5.50. The Morgan fingerprint density at radius 2 is 2.43 bits per heavy atom. The molecule has 0 saturated carbocycles. The van der Waals surface area contributed by atoms with Gasteiger partial charge in [0, 0.05) is 6.61 Å². The molecule has 1 atom stereocenters. The van der Waals surface area contributed by atoms with Crippen LogP contribution in [0.3, 0.4) is 0 Å². The van der Waals surface area contributed by atoms with Crippen LogP contribution in [-0.2, 0) is 4.74 Å². The van der Waals surface area contributed by atoms with E-state index in [9.17, 15) is 0 Å². The van der Waals surface area contributed by atoms with E-state index in [4.69, 9.17) is 9.47 Å². The van der Waals surface area contributed by atoms with E-state index in [1.807, 2.05) is 6.07 Å². The molecule has 1 fully saturated rings. The van der Waals surface area contributed by atoms with E-state index in [0.717, 1.165) is 29.6 Å². The van der Waals surface area contributed by atoms with Gasteiger partial charge in [-0.1, -0.05) is 0 Å². The van der Waals surface area contributed by atoms with Crippen molar-refractivity contribution in [2.75, 3.05) is 13.7 Å². The van der Waals surface area contributed by atoms with Crippen LogP contribution in [0, 0.1) is 0 Å². The van der Waals surface area contributed by atoms with Gasteiger partial charge in [0.2, 0.25) is 5.88 Å². The molecule has 1 aromatic rings. The summed E-state index contributed by atoms with van der Waals surface area (Å²) in [6.07, 6.45) is 2.22. The van der Waals surface area contributed by atoms with Crippen LogP contribution in [0.2, 0.25) is 0 Å². The van der Waals surface area contributed by atoms with Gasteiger partial charge in [-0.05, 0) is 34.8 Å². The second kappa shape index (κ2) is 4.23. The fourth-order valence-electron chi connectivity index (χ4n) is 1.48. The lowest BCUT2D eigenvalue weighted by atomic mass is 10.2. The maximum Gasteiger partial charge on any atom is 0.247 e. The number of methoxy groups -OCH3 is 1. The monoisotopic (exact) mass is 258 g/mol. The highest BCUT2D eigenvalue weighted by atomic mass is 79.9. The molecule has 1 saturated heterocycles. The molecule has 5 heteroatoms. The fraction of sp³-hybridized carbons (Fsp3) is 0.556. The van der Waals surface area contributed by atoms with E-state index in [1.165, 1.54) is 0 Å². The summed E-state index contributed by atoms with van der Waals surface area (Å²) in [6.45, 7) is 0.815. The number of nitrogens with zero attached hydrogens (tertiary/aromatic N) is 2. The number of halogens is 1. The van der Waals surface area contributed by atoms with Crippen molar-refractivity contribution >= 4 is 15.9 Å². The van der Waals surface area contributed by atoms with Crippen LogP contribution in [0.1, 0.15) is 24.6 Å². The summed E-state index contributed by atoms with van der Waals surface area (Å²) >= 11 is 3.37. The molecule has 2 heterocycles. The van der Waals surface area contributed by atoms with Crippen LogP contribution >= 0.6 is 15.9 Å². The van der Waals surface area contributed by atoms with Gasteiger partial charge in [0.25, 0.3) is 0 Å². The van der Waals surface area contributed by atoms with Gasteiger partial charge < -0.3 is 9.47 Å². The molecule has 0 N–H and O–H groups in total. The Kier molecular flexibility index (Phi) is 2.98. The highest BCUT2D eigenvalue weighted by Crippen LogP contribution is 2.30. The highest BCUT2D eigenvalue weighted by molar-refractivity contribution is 9.10. The van der Waals surface area contributed by atoms with Crippen molar-refractivity contribution in [3.8, 4) is 5.88 Å². The minimum absolute atomic E-state index is 0.102. The van der Waals surface area contributed by atoms with E-state index in [1.54, 1.807) is 7.11 Å². The van der Waals surface area contributed by atoms with Crippen molar-refractivity contribution in [2.24, 2.45) is 0 Å². The Morgan fingerprint density at radius 1 is 1.57 bits per heavy atom. The predicted octanol–water partition coefficient (Wildman–Crippen LogP) is 2.10. The Labute approximate surface area is 90.8 Å². The first kappa shape index (κ1) is 9.86. The lowest BCUT2D eigenvalue weighted by Gasteiger charge is -2.08. The average Bonchev–Trinajstić information content (AvgIpc) is 2.70. The smallest absolute Gasteiger partial charge is 0.247 e. The molecule has 1 unspecified atom stereocenters. The van der Waals surface area contributed by atoms with E-state index < -0.39 is 0 Å². The molecule has 0 spiro atoms. The first-order valence-electron chi connectivity index (χ1n) is 4.50. The second-order valence-corrected chi connectivity index (χ2v) is 3.98. The van der Waals surface area contributed by atoms with Gasteiger partial charge in [0.15, 0.2) is 0 Å². The lowest BCUT2D eigenvalue weighted by molar-refractivity contribution is 0.107. The van der Waals surface area contributed by atoms with Gasteiger partial charge in [-0.25, -0.2) is 0 Å². The molecule has 14 heavy (non-hydrogen) atoms. The minimum atomic E-state index is 0.102. The van der Waals surface area contributed by atoms with Crippen molar-refractivity contribution in [3.63, 3.8) is 0 Å². The summed E-state index contributed by atoms with van der Waals surface area (Å²) in [7, 11) is 1.57. The molecule has 0 aromatic carbocycles. The lowest BCUT2D eigenvalue weighted by Crippen LogP contribution is -2.02. The number of aromatic nitrogens is 2. The predicted molar refractivity (Wildman–Crippen MR) is 54.2 cm³/mol. The maximum absolute atomic E-state index is 5.50. The highest BCUT2D eigenvalue weighted by Gasteiger charge is 2.20. The van der Waals surface area contributed by atoms with Crippen molar-refractivity contribution in [1.82, 2.24) is 10.2 Å². The van der Waals surface area contributed by atoms with E-state index in [-0.39, 0.29) is 6.10 Å². The summed E-state index contributed by atoms with van der Waals surface area (Å²) < 4.78 is 11.3. The van der Waals surface area contributed by atoms with Crippen LogP contribution in [0.15, 0.2) is 10.5 Å². The summed E-state index contributed by atoms with van der Waals surface area (Å²) in [4.78, 5) is 0. The SMILES string of the molecule is COc1nnc(C2CCCO2)cc1Br. The van der Waals surface area contributed by atoms with E-state index in [0.29, 0.717) is 5.88 Å². The van der Waals surface area contributed by atoms with E-state index in [2.05, 4.69) is 26.1 Å². The van der Waals surface area contributed by atoms with E-state index >= 15 is 0 Å². The Morgan fingerprint density at radius 3 is 3.00 bits per heavy atom. The minimum Gasteiger partial charge on any atom is -0.479 e. The normalized spacial score (nSPS) is 21.1. The van der Waals surface area contributed by atoms with Crippen LogP contribution in [-0.4, -0.2) is 23.9 Å². The van der Waals surface area contributed by atoms with Gasteiger partial charge in [-0.3, -0.25) is 0 Å². The third-order valence-electron chi connectivity index (χ3n) is 2.19. The molecular weight excluding hydrogens is 248 g/mol. The molecule has 0 amide bonds. The molecule has 2 rings (SSSR count). The van der Waals surface area contributed by atoms with Gasteiger partial charge in [0.1, 0.15) is 6.10 Å². The third-order valence-corrected chi connectivity index (χ3v) is 2.76. The topological polar surface area (TPSA) is 44.2 Å². The average molecular weight is 259 g/mol. The molecular formula is C9H11BrN2O2. The standard InChI is InChI=1S/C9H11BrN2O2/c1-13-9-6(10)5-7(11-12-9)8-3-2-4-14-8/h5,8H,2-4H2,1H3. The van der Waals surface area contributed by atoms with Crippen molar-refractivity contribution in [1.29, 1.82) is 0 Å². The molecule has 76 valence electrons. The molecule has 1 aromatic heterocycles. The Balaban J connectivity index is 2.23. The molecule has 1 aliphatic heterocycles. The second-order valence-electron chi connectivity index (χ2n) is 3.13. The summed E-state index contributed by atoms with van der Waals surface area (Å²) in [6, 6.07) is 1.90. The number of hydrogen-bond donors (Lipinski definition) is 0. The number of hydrogen-bond acceptors (Lipinski definition) is 4.